The molecule has 0 saturated carbocycles. The fourth-order valence-electron chi connectivity index (χ4n) is 2.02. The Labute approximate surface area is 95.8 Å². The number of thioether (sulfide) groups is 1. The number of nitrogens with one attached hydrogen (secondary N) is 2. The summed E-state index contributed by atoms with van der Waals surface area (Å²) < 4.78 is 0. The van der Waals surface area contributed by atoms with Gasteiger partial charge in [0.15, 0.2) is 0 Å². The van der Waals surface area contributed by atoms with Gasteiger partial charge in [-0.1, -0.05) is 6.07 Å². The lowest BCUT2D eigenvalue weighted by molar-refractivity contribution is 0.701. The number of anilines is 1. The van der Waals surface area contributed by atoms with E-state index in [9.17, 15) is 0 Å². The second kappa shape index (κ2) is 4.45. The molecule has 0 aliphatic carbocycles. The summed E-state index contributed by atoms with van der Waals surface area (Å²) in [6.07, 6.45) is 0. The topological polar surface area (TPSA) is 24.1 Å². The highest BCUT2D eigenvalue weighted by Gasteiger charge is 2.19. The quantitative estimate of drug-likeness (QED) is 0.803. The first-order chi connectivity index (χ1) is 7.20. The van der Waals surface area contributed by atoms with E-state index in [0.717, 1.165) is 12.3 Å². The van der Waals surface area contributed by atoms with E-state index in [1.54, 1.807) is 0 Å². The number of hydrogen-bond donors (Lipinski definition) is 2. The molecule has 82 valence electrons. The van der Waals surface area contributed by atoms with Crippen molar-refractivity contribution in [2.45, 2.75) is 24.8 Å². The molecule has 0 aromatic heterocycles. The van der Waals surface area contributed by atoms with Crippen LogP contribution in [0.1, 0.15) is 11.1 Å². The molecule has 2 rings (SSSR count). The summed E-state index contributed by atoms with van der Waals surface area (Å²) in [4.78, 5) is 1.40. The van der Waals surface area contributed by atoms with Crippen LogP contribution in [0.4, 0.5) is 5.69 Å². The van der Waals surface area contributed by atoms with Gasteiger partial charge in [-0.15, -0.1) is 11.8 Å². The van der Waals surface area contributed by atoms with Crippen molar-refractivity contribution < 1.29 is 0 Å². The summed E-state index contributed by atoms with van der Waals surface area (Å²) in [7, 11) is 2.00. The molecule has 2 N–H and O–H groups in total. The second-order valence-corrected chi connectivity index (χ2v) is 5.23. The van der Waals surface area contributed by atoms with Crippen molar-refractivity contribution >= 4 is 17.4 Å². The molecule has 1 heterocycles. The van der Waals surface area contributed by atoms with Crippen LogP contribution in [0.2, 0.25) is 0 Å². The van der Waals surface area contributed by atoms with Crippen molar-refractivity contribution in [1.82, 2.24) is 5.32 Å². The molecule has 15 heavy (non-hydrogen) atoms. The van der Waals surface area contributed by atoms with Gasteiger partial charge in [-0.3, -0.25) is 0 Å². The standard InChI is InChI=1S/C12H18N2S/c1-8-4-9(2)12-11(5-8)15-7-10(14-12)6-13-3/h4-5,10,13-14H,6-7H2,1-3H3. The molecule has 0 radical (unpaired) electrons. The Hall–Kier alpha value is -0.670. The molecule has 1 aliphatic heterocycles. The fraction of sp³-hybridized carbons (Fsp3) is 0.500. The Morgan fingerprint density at radius 1 is 1.47 bits per heavy atom. The summed E-state index contributed by atoms with van der Waals surface area (Å²) in [6, 6.07) is 5.07. The summed E-state index contributed by atoms with van der Waals surface area (Å²) in [6.45, 7) is 5.37. The van der Waals surface area contributed by atoms with Crippen LogP contribution in [0.3, 0.4) is 0 Å². The van der Waals surface area contributed by atoms with E-state index >= 15 is 0 Å². The third-order valence-corrected chi connectivity index (χ3v) is 3.88. The molecule has 0 bridgehead atoms. The number of rotatable bonds is 2. The molecule has 0 saturated heterocycles. The highest BCUT2D eigenvalue weighted by atomic mass is 32.2. The maximum Gasteiger partial charge on any atom is 0.0511 e. The lowest BCUT2D eigenvalue weighted by Crippen LogP contribution is -2.35. The number of likely N-dealkylation sites (N-methyl/N-ethyl adjacent to an activating group) is 1. The average Bonchev–Trinajstić information content (AvgIpc) is 2.19. The van der Waals surface area contributed by atoms with Crippen molar-refractivity contribution in [3.05, 3.63) is 23.3 Å². The van der Waals surface area contributed by atoms with Crippen molar-refractivity contribution in [1.29, 1.82) is 0 Å². The number of benzene rings is 1. The van der Waals surface area contributed by atoms with Gasteiger partial charge >= 0.3 is 0 Å². The Morgan fingerprint density at radius 2 is 2.27 bits per heavy atom. The molecular formula is C12H18N2S. The molecule has 1 atom stereocenters. The number of hydrogen-bond acceptors (Lipinski definition) is 3. The van der Waals surface area contributed by atoms with Crippen LogP contribution in [0.15, 0.2) is 17.0 Å². The summed E-state index contributed by atoms with van der Waals surface area (Å²) in [5.74, 6) is 1.15. The van der Waals surface area contributed by atoms with Gasteiger partial charge in [0.25, 0.3) is 0 Å². The van der Waals surface area contributed by atoms with E-state index in [2.05, 4.69) is 36.6 Å². The predicted octanol–water partition coefficient (Wildman–Crippen LogP) is 2.41. The monoisotopic (exact) mass is 222 g/mol. The molecule has 1 aromatic carbocycles. The average molecular weight is 222 g/mol. The van der Waals surface area contributed by atoms with E-state index in [4.69, 9.17) is 0 Å². The first-order valence-corrected chi connectivity index (χ1v) is 6.34. The molecule has 0 spiro atoms. The Kier molecular flexibility index (Phi) is 3.22. The lowest BCUT2D eigenvalue weighted by Gasteiger charge is -2.28. The van der Waals surface area contributed by atoms with Gasteiger partial charge in [0.1, 0.15) is 0 Å². The number of aryl methyl sites for hydroxylation is 2. The third-order valence-electron chi connectivity index (χ3n) is 2.68. The van der Waals surface area contributed by atoms with Crippen LogP contribution in [-0.2, 0) is 0 Å². The molecule has 3 heteroatoms. The lowest BCUT2D eigenvalue weighted by atomic mass is 10.1. The summed E-state index contributed by atoms with van der Waals surface area (Å²) in [5, 5.41) is 6.83. The molecule has 2 nitrogen and oxygen atoms in total. The minimum atomic E-state index is 0.550. The van der Waals surface area contributed by atoms with Gasteiger partial charge in [0.05, 0.1) is 5.69 Å². The largest absolute Gasteiger partial charge is 0.379 e. The zero-order valence-electron chi connectivity index (χ0n) is 9.55. The van der Waals surface area contributed by atoms with Crippen LogP contribution in [0, 0.1) is 13.8 Å². The smallest absolute Gasteiger partial charge is 0.0511 e. The fourth-order valence-corrected chi connectivity index (χ4v) is 3.24. The first kappa shape index (κ1) is 10.8. The molecule has 1 aromatic rings. The van der Waals surface area contributed by atoms with Gasteiger partial charge in [0, 0.05) is 23.2 Å². The van der Waals surface area contributed by atoms with Gasteiger partial charge in [-0.25, -0.2) is 0 Å². The minimum absolute atomic E-state index is 0.550. The maximum atomic E-state index is 3.61. The predicted molar refractivity (Wildman–Crippen MR) is 68.0 cm³/mol. The van der Waals surface area contributed by atoms with Crippen LogP contribution < -0.4 is 10.6 Å². The summed E-state index contributed by atoms with van der Waals surface area (Å²) >= 11 is 1.96. The highest BCUT2D eigenvalue weighted by molar-refractivity contribution is 7.99. The van der Waals surface area contributed by atoms with Crippen LogP contribution in [-0.4, -0.2) is 25.4 Å². The van der Waals surface area contributed by atoms with E-state index in [1.165, 1.54) is 21.7 Å². The zero-order chi connectivity index (χ0) is 10.8. The molecule has 1 unspecified atom stereocenters. The van der Waals surface area contributed by atoms with Crippen LogP contribution in [0.25, 0.3) is 0 Å². The Balaban J connectivity index is 2.25. The Morgan fingerprint density at radius 3 is 3.00 bits per heavy atom. The molecule has 0 amide bonds. The normalized spacial score (nSPS) is 19.5. The van der Waals surface area contributed by atoms with Gasteiger partial charge < -0.3 is 10.6 Å². The third kappa shape index (κ3) is 2.29. The van der Waals surface area contributed by atoms with E-state index in [-0.39, 0.29) is 0 Å². The van der Waals surface area contributed by atoms with Crippen molar-refractivity contribution in [2.24, 2.45) is 0 Å². The molecule has 0 fully saturated rings. The van der Waals surface area contributed by atoms with Crippen molar-refractivity contribution in [3.63, 3.8) is 0 Å². The van der Waals surface area contributed by atoms with Crippen LogP contribution in [0.5, 0.6) is 0 Å². The van der Waals surface area contributed by atoms with Crippen LogP contribution >= 0.6 is 11.8 Å². The summed E-state index contributed by atoms with van der Waals surface area (Å²) in [5.41, 5.74) is 4.04. The van der Waals surface area contributed by atoms with Gasteiger partial charge in [0.2, 0.25) is 0 Å². The van der Waals surface area contributed by atoms with E-state index in [1.807, 2.05) is 18.8 Å². The van der Waals surface area contributed by atoms with E-state index < -0.39 is 0 Å². The van der Waals surface area contributed by atoms with Crippen molar-refractivity contribution in [2.75, 3.05) is 24.7 Å². The molecular weight excluding hydrogens is 204 g/mol. The second-order valence-electron chi connectivity index (χ2n) is 4.16. The van der Waals surface area contributed by atoms with Gasteiger partial charge in [-0.05, 0) is 38.1 Å². The SMILES string of the molecule is CNCC1CSc2cc(C)cc(C)c2N1. The Bertz CT molecular complexity index is 363. The van der Waals surface area contributed by atoms with Gasteiger partial charge in [-0.2, -0.15) is 0 Å². The maximum absolute atomic E-state index is 3.61. The van der Waals surface area contributed by atoms with Crippen molar-refractivity contribution in [3.8, 4) is 0 Å². The minimum Gasteiger partial charge on any atom is -0.379 e. The molecule has 1 aliphatic rings. The first-order valence-electron chi connectivity index (χ1n) is 5.36. The highest BCUT2D eigenvalue weighted by Crippen LogP contribution is 2.36. The van der Waals surface area contributed by atoms with E-state index in [0.29, 0.717) is 6.04 Å². The number of fused-ring (bicyclic) bond motifs is 1. The zero-order valence-corrected chi connectivity index (χ0v) is 10.4.